The van der Waals surface area contributed by atoms with Crippen LogP contribution in [0.1, 0.15) is 54.0 Å². The molecule has 4 rings (SSSR count). The van der Waals surface area contributed by atoms with Gasteiger partial charge in [0.05, 0.1) is 42.5 Å². The van der Waals surface area contributed by atoms with E-state index in [1.165, 1.54) is 43.2 Å². The summed E-state index contributed by atoms with van der Waals surface area (Å²) in [6.07, 6.45) is -12.6. The molecule has 3 unspecified atom stereocenters. The third-order valence-corrected chi connectivity index (χ3v) is 7.11. The first-order valence-corrected chi connectivity index (χ1v) is 12.0. The molecule has 2 aromatic rings. The van der Waals surface area contributed by atoms with Crippen molar-refractivity contribution in [3.05, 3.63) is 70.5 Å². The number of carbonyl (C=O) groups excluding carboxylic acids is 2. The third-order valence-electron chi connectivity index (χ3n) is 7.11. The van der Waals surface area contributed by atoms with Crippen LogP contribution in [0, 0.1) is 5.82 Å². The molecule has 6 nitrogen and oxygen atoms in total. The van der Waals surface area contributed by atoms with Crippen LogP contribution in [0.15, 0.2) is 42.5 Å². The standard InChI is InChI=1S/C26H25F7N2O4/c1-13(15-9-16(25(28,29)30)11-17(10-15)26(31,32)33)39-20-12-35-21(36)8-7-19(34-24(37)38-2)23(35)22(20)14-3-5-18(27)6-4-14/h3-6,9-11,13,19-20,22-23H,7-8,12H2,1-2H3,(H,34,37)/t13-,19?,20?,22-,23?/m1/s1. The fourth-order valence-corrected chi connectivity index (χ4v) is 5.32. The van der Waals surface area contributed by atoms with Gasteiger partial charge in [-0.1, -0.05) is 12.1 Å². The van der Waals surface area contributed by atoms with Crippen molar-refractivity contribution in [2.24, 2.45) is 0 Å². The van der Waals surface area contributed by atoms with Crippen LogP contribution in [0.4, 0.5) is 35.5 Å². The Hall–Kier alpha value is -3.35. The third kappa shape index (κ3) is 6.13. The Labute approximate surface area is 219 Å². The molecule has 2 aromatic carbocycles. The largest absolute Gasteiger partial charge is 0.453 e. The van der Waals surface area contributed by atoms with E-state index in [2.05, 4.69) is 5.32 Å². The lowest BCUT2D eigenvalue weighted by Gasteiger charge is -2.39. The zero-order chi connectivity index (χ0) is 28.7. The lowest BCUT2D eigenvalue weighted by atomic mass is 9.83. The number of methoxy groups -OCH3 is 1. The Morgan fingerprint density at radius 3 is 2.15 bits per heavy atom. The summed E-state index contributed by atoms with van der Waals surface area (Å²) in [6.45, 7) is 1.28. The van der Waals surface area contributed by atoms with E-state index >= 15 is 0 Å². The van der Waals surface area contributed by atoms with Crippen LogP contribution in [0.3, 0.4) is 0 Å². The molecule has 1 N–H and O–H groups in total. The van der Waals surface area contributed by atoms with E-state index < -0.39 is 65.6 Å². The fourth-order valence-electron chi connectivity index (χ4n) is 5.32. The second-order valence-electron chi connectivity index (χ2n) is 9.55. The highest BCUT2D eigenvalue weighted by atomic mass is 19.4. The molecule has 0 spiro atoms. The number of nitrogens with zero attached hydrogens (tertiary/aromatic N) is 1. The number of rotatable bonds is 5. The average Bonchev–Trinajstić information content (AvgIpc) is 3.24. The van der Waals surface area contributed by atoms with Gasteiger partial charge in [-0.2, -0.15) is 26.3 Å². The normalized spacial score (nSPS) is 24.3. The van der Waals surface area contributed by atoms with E-state index in [1.807, 2.05) is 0 Å². The van der Waals surface area contributed by atoms with Gasteiger partial charge >= 0.3 is 18.4 Å². The van der Waals surface area contributed by atoms with Crippen LogP contribution in [0.25, 0.3) is 0 Å². The summed E-state index contributed by atoms with van der Waals surface area (Å²) in [7, 11) is 1.17. The predicted molar refractivity (Wildman–Crippen MR) is 123 cm³/mol. The lowest BCUT2D eigenvalue weighted by Crippen LogP contribution is -2.56. The van der Waals surface area contributed by atoms with Gasteiger partial charge in [0.2, 0.25) is 5.91 Å². The van der Waals surface area contributed by atoms with Gasteiger partial charge in [0.1, 0.15) is 5.82 Å². The minimum absolute atomic E-state index is 0.0368. The van der Waals surface area contributed by atoms with Crippen molar-refractivity contribution in [2.45, 2.75) is 62.3 Å². The van der Waals surface area contributed by atoms with Crippen LogP contribution in [-0.4, -0.2) is 48.7 Å². The molecular formula is C26H25F7N2O4. The summed E-state index contributed by atoms with van der Waals surface area (Å²) in [5.41, 5.74) is -2.78. The summed E-state index contributed by atoms with van der Waals surface area (Å²) >= 11 is 0. The first-order valence-electron chi connectivity index (χ1n) is 12.0. The van der Waals surface area contributed by atoms with E-state index in [0.717, 1.165) is 0 Å². The van der Waals surface area contributed by atoms with Crippen molar-refractivity contribution in [1.82, 2.24) is 10.2 Å². The van der Waals surface area contributed by atoms with Crippen molar-refractivity contribution in [3.8, 4) is 0 Å². The van der Waals surface area contributed by atoms with E-state index in [4.69, 9.17) is 9.47 Å². The molecular weight excluding hydrogens is 537 g/mol. The molecule has 0 aromatic heterocycles. The number of carbonyl (C=O) groups is 2. The molecule has 13 heteroatoms. The SMILES string of the molecule is COC(=O)NC1CCC(=O)N2CC(O[C@H](C)c3cc(C(F)(F)F)cc(C(F)(F)F)c3)[C@@H](c3ccc(F)cc3)C12. The Morgan fingerprint density at radius 1 is 1.03 bits per heavy atom. The maximum Gasteiger partial charge on any atom is 0.416 e. The van der Waals surface area contributed by atoms with Crippen molar-refractivity contribution in [3.63, 3.8) is 0 Å². The second-order valence-corrected chi connectivity index (χ2v) is 9.55. The Kier molecular flexibility index (Phi) is 7.84. The molecule has 212 valence electrons. The minimum Gasteiger partial charge on any atom is -0.453 e. The molecule has 5 atom stereocenters. The molecule has 0 aliphatic carbocycles. The molecule has 2 amide bonds. The highest BCUT2D eigenvalue weighted by Gasteiger charge is 2.52. The topological polar surface area (TPSA) is 67.9 Å². The number of alkyl halides is 6. The minimum atomic E-state index is -5.03. The predicted octanol–water partition coefficient (Wildman–Crippen LogP) is 5.82. The van der Waals surface area contributed by atoms with E-state index in [-0.39, 0.29) is 36.9 Å². The zero-order valence-electron chi connectivity index (χ0n) is 20.8. The molecule has 2 aliphatic heterocycles. The number of nitrogens with one attached hydrogen (secondary N) is 1. The number of amides is 2. The summed E-state index contributed by atoms with van der Waals surface area (Å²) in [5.74, 6) is -1.48. The Bertz CT molecular complexity index is 1180. The van der Waals surface area contributed by atoms with Crippen LogP contribution >= 0.6 is 0 Å². The van der Waals surface area contributed by atoms with Crippen LogP contribution < -0.4 is 5.32 Å². The quantitative estimate of drug-likeness (QED) is 0.467. The second kappa shape index (κ2) is 10.7. The summed E-state index contributed by atoms with van der Waals surface area (Å²) in [5, 5.41) is 2.69. The van der Waals surface area contributed by atoms with Gasteiger partial charge in [-0.15, -0.1) is 0 Å². The van der Waals surface area contributed by atoms with Crippen LogP contribution in [0.2, 0.25) is 0 Å². The van der Waals surface area contributed by atoms with E-state index in [1.54, 1.807) is 0 Å². The maximum absolute atomic E-state index is 13.7. The summed E-state index contributed by atoms with van der Waals surface area (Å²) in [6, 6.07) is 5.26. The van der Waals surface area contributed by atoms with Gasteiger partial charge < -0.3 is 19.7 Å². The van der Waals surface area contributed by atoms with Crippen LogP contribution in [-0.2, 0) is 26.6 Å². The van der Waals surface area contributed by atoms with Gasteiger partial charge in [0.25, 0.3) is 0 Å². The number of alkyl carbamates (subject to hydrolysis) is 1. The number of halogens is 7. The van der Waals surface area contributed by atoms with Crippen molar-refractivity contribution in [2.75, 3.05) is 13.7 Å². The molecule has 2 saturated heterocycles. The van der Waals surface area contributed by atoms with Crippen molar-refractivity contribution < 1.29 is 49.8 Å². The first-order chi connectivity index (χ1) is 18.2. The van der Waals surface area contributed by atoms with E-state index in [9.17, 15) is 40.3 Å². The van der Waals surface area contributed by atoms with Gasteiger partial charge in [0, 0.05) is 18.9 Å². The van der Waals surface area contributed by atoms with E-state index in [0.29, 0.717) is 17.7 Å². The number of fused-ring (bicyclic) bond motifs is 1. The monoisotopic (exact) mass is 562 g/mol. The Balaban J connectivity index is 1.72. The number of piperidine rings is 1. The highest BCUT2D eigenvalue weighted by Crippen LogP contribution is 2.44. The lowest BCUT2D eigenvalue weighted by molar-refractivity contribution is -0.143. The zero-order valence-corrected chi connectivity index (χ0v) is 20.8. The fraction of sp³-hybridized carbons (Fsp3) is 0.462. The molecule has 39 heavy (non-hydrogen) atoms. The molecule has 2 fully saturated rings. The first kappa shape index (κ1) is 28.7. The molecule has 0 radical (unpaired) electrons. The Morgan fingerprint density at radius 2 is 1.62 bits per heavy atom. The molecule has 2 aliphatic rings. The number of hydrogen-bond acceptors (Lipinski definition) is 4. The molecule has 0 saturated carbocycles. The van der Waals surface area contributed by atoms with Crippen molar-refractivity contribution in [1.29, 1.82) is 0 Å². The number of benzene rings is 2. The average molecular weight is 562 g/mol. The number of ether oxygens (including phenoxy) is 2. The van der Waals surface area contributed by atoms with Gasteiger partial charge in [-0.05, 0) is 54.8 Å². The summed E-state index contributed by atoms with van der Waals surface area (Å²) in [4.78, 5) is 26.3. The highest BCUT2D eigenvalue weighted by molar-refractivity contribution is 5.79. The summed E-state index contributed by atoms with van der Waals surface area (Å²) < 4.78 is 105. The van der Waals surface area contributed by atoms with Crippen molar-refractivity contribution >= 4 is 12.0 Å². The molecule has 2 heterocycles. The maximum atomic E-state index is 13.7. The van der Waals surface area contributed by atoms with Gasteiger partial charge in [0.15, 0.2) is 0 Å². The van der Waals surface area contributed by atoms with Gasteiger partial charge in [-0.3, -0.25) is 4.79 Å². The van der Waals surface area contributed by atoms with Gasteiger partial charge in [-0.25, -0.2) is 9.18 Å². The van der Waals surface area contributed by atoms with Crippen LogP contribution in [0.5, 0.6) is 0 Å². The number of hydrogen-bond donors (Lipinski definition) is 1. The molecule has 0 bridgehead atoms. The smallest absolute Gasteiger partial charge is 0.416 e.